The third kappa shape index (κ3) is 1.92. The first-order valence-corrected chi connectivity index (χ1v) is 6.09. The van der Waals surface area contributed by atoms with E-state index in [1.165, 1.54) is 0 Å². The zero-order chi connectivity index (χ0) is 13.4. The van der Waals surface area contributed by atoms with E-state index in [1.807, 2.05) is 28.8 Å². The third-order valence-corrected chi connectivity index (χ3v) is 3.08. The fraction of sp³-hybridized carbons (Fsp3) is 0.154. The molecular weight excluding hydrogens is 264 g/mol. The molecule has 0 saturated heterocycles. The molecule has 0 spiro atoms. The number of hydrogen-bond donors (Lipinski definition) is 0. The molecule has 3 aromatic rings. The van der Waals surface area contributed by atoms with Gasteiger partial charge < -0.3 is 4.74 Å². The Morgan fingerprint density at radius 1 is 1.21 bits per heavy atom. The molecule has 0 aliphatic rings. The lowest BCUT2D eigenvalue weighted by molar-refractivity contribution is 0.413. The fourth-order valence-corrected chi connectivity index (χ4v) is 2.30. The largest absolute Gasteiger partial charge is 0.495 e. The Kier molecular flexibility index (Phi) is 2.83. The van der Waals surface area contributed by atoms with Crippen LogP contribution in [0.2, 0.25) is 5.15 Å². The second-order valence-electron chi connectivity index (χ2n) is 4.02. The lowest BCUT2D eigenvalue weighted by Gasteiger charge is -2.09. The maximum atomic E-state index is 6.20. The third-order valence-electron chi connectivity index (χ3n) is 2.82. The Morgan fingerprint density at radius 3 is 2.79 bits per heavy atom. The summed E-state index contributed by atoms with van der Waals surface area (Å²) in [5, 5.41) is 0.380. The second kappa shape index (κ2) is 4.51. The van der Waals surface area contributed by atoms with Crippen molar-refractivity contribution in [3.05, 3.63) is 41.6 Å². The molecule has 0 fully saturated rings. The molecule has 3 rings (SSSR count). The first-order valence-electron chi connectivity index (χ1n) is 5.71. The summed E-state index contributed by atoms with van der Waals surface area (Å²) in [6.07, 6.45) is 1.67. The Balaban J connectivity index is 2.32. The molecule has 0 saturated carbocycles. The smallest absolute Gasteiger partial charge is 0.182 e. The normalized spacial score (nSPS) is 10.9. The molecule has 0 aliphatic carbocycles. The highest BCUT2D eigenvalue weighted by Crippen LogP contribution is 2.28. The van der Waals surface area contributed by atoms with Crippen LogP contribution in [0, 0.1) is 6.92 Å². The van der Waals surface area contributed by atoms with Crippen molar-refractivity contribution >= 4 is 22.8 Å². The summed E-state index contributed by atoms with van der Waals surface area (Å²) >= 11 is 6.20. The van der Waals surface area contributed by atoms with E-state index >= 15 is 0 Å². The first-order chi connectivity index (χ1) is 9.20. The standard InChI is InChI=1S/C13H11ClN4O/c1-8-16-12(14)11-13(17-8)15-7-18(11)9-5-3-4-6-10(9)19-2/h3-7H,1-2H3. The number of imidazole rings is 1. The van der Waals surface area contributed by atoms with Crippen molar-refractivity contribution in [2.45, 2.75) is 6.92 Å². The lowest BCUT2D eigenvalue weighted by atomic mass is 10.3. The van der Waals surface area contributed by atoms with Crippen molar-refractivity contribution in [3.63, 3.8) is 0 Å². The molecule has 2 aromatic heterocycles. The Morgan fingerprint density at radius 2 is 2.00 bits per heavy atom. The molecule has 0 bridgehead atoms. The van der Waals surface area contributed by atoms with Gasteiger partial charge in [0.15, 0.2) is 10.8 Å². The van der Waals surface area contributed by atoms with Crippen molar-refractivity contribution in [3.8, 4) is 11.4 Å². The predicted octanol–water partition coefficient (Wildman–Crippen LogP) is 2.79. The van der Waals surface area contributed by atoms with Crippen LogP contribution in [-0.4, -0.2) is 26.6 Å². The van der Waals surface area contributed by atoms with Crippen LogP contribution in [0.15, 0.2) is 30.6 Å². The number of hydrogen-bond acceptors (Lipinski definition) is 4. The molecular formula is C13H11ClN4O. The van der Waals surface area contributed by atoms with Gasteiger partial charge in [-0.15, -0.1) is 0 Å². The van der Waals surface area contributed by atoms with E-state index in [-0.39, 0.29) is 0 Å². The summed E-state index contributed by atoms with van der Waals surface area (Å²) < 4.78 is 7.18. The number of aryl methyl sites for hydroxylation is 1. The van der Waals surface area contributed by atoms with Crippen LogP contribution in [0.5, 0.6) is 5.75 Å². The molecule has 96 valence electrons. The Hall–Kier alpha value is -2.14. The minimum atomic E-state index is 0.380. The second-order valence-corrected chi connectivity index (χ2v) is 4.38. The average Bonchev–Trinajstić information content (AvgIpc) is 2.82. The van der Waals surface area contributed by atoms with Crippen LogP contribution in [0.1, 0.15) is 5.82 Å². The van der Waals surface area contributed by atoms with Crippen LogP contribution >= 0.6 is 11.6 Å². The molecule has 6 heteroatoms. The highest BCUT2D eigenvalue weighted by atomic mass is 35.5. The molecule has 1 aromatic carbocycles. The molecule has 0 N–H and O–H groups in total. The van der Waals surface area contributed by atoms with Gasteiger partial charge in [0.25, 0.3) is 0 Å². The Bertz CT molecular complexity index is 753. The number of rotatable bonds is 2. The minimum absolute atomic E-state index is 0.380. The van der Waals surface area contributed by atoms with Gasteiger partial charge in [-0.25, -0.2) is 15.0 Å². The number of nitrogens with zero attached hydrogens (tertiary/aromatic N) is 4. The van der Waals surface area contributed by atoms with Gasteiger partial charge in [0.1, 0.15) is 23.4 Å². The summed E-state index contributed by atoms with van der Waals surface area (Å²) in [4.78, 5) is 12.7. The molecule has 5 nitrogen and oxygen atoms in total. The van der Waals surface area contributed by atoms with E-state index < -0.39 is 0 Å². The number of methoxy groups -OCH3 is 1. The van der Waals surface area contributed by atoms with Gasteiger partial charge >= 0.3 is 0 Å². The number of fused-ring (bicyclic) bond motifs is 1. The van der Waals surface area contributed by atoms with Crippen molar-refractivity contribution in [1.82, 2.24) is 19.5 Å². The van der Waals surface area contributed by atoms with Crippen LogP contribution in [-0.2, 0) is 0 Å². The van der Waals surface area contributed by atoms with Crippen molar-refractivity contribution in [1.29, 1.82) is 0 Å². The molecule has 0 unspecified atom stereocenters. The minimum Gasteiger partial charge on any atom is -0.495 e. The number of para-hydroxylation sites is 2. The average molecular weight is 275 g/mol. The van der Waals surface area contributed by atoms with Gasteiger partial charge in [-0.3, -0.25) is 4.57 Å². The summed E-state index contributed by atoms with van der Waals surface area (Å²) in [5.74, 6) is 1.33. The summed E-state index contributed by atoms with van der Waals surface area (Å²) in [5.41, 5.74) is 2.10. The summed E-state index contributed by atoms with van der Waals surface area (Å²) in [6.45, 7) is 1.79. The molecule has 0 amide bonds. The number of benzene rings is 1. The van der Waals surface area contributed by atoms with E-state index in [0.29, 0.717) is 22.1 Å². The lowest BCUT2D eigenvalue weighted by Crippen LogP contribution is -1.98. The zero-order valence-corrected chi connectivity index (χ0v) is 11.2. The molecule has 0 aliphatic heterocycles. The highest BCUT2D eigenvalue weighted by molar-refractivity contribution is 6.33. The van der Waals surface area contributed by atoms with E-state index in [1.54, 1.807) is 20.4 Å². The number of ether oxygens (including phenoxy) is 1. The topological polar surface area (TPSA) is 52.8 Å². The molecule has 0 radical (unpaired) electrons. The van der Waals surface area contributed by atoms with Gasteiger partial charge in [-0.1, -0.05) is 23.7 Å². The molecule has 0 atom stereocenters. The predicted molar refractivity (Wildman–Crippen MR) is 73.0 cm³/mol. The van der Waals surface area contributed by atoms with Gasteiger partial charge in [-0.2, -0.15) is 0 Å². The van der Waals surface area contributed by atoms with Gasteiger partial charge in [0.05, 0.1) is 12.8 Å². The van der Waals surface area contributed by atoms with Crippen molar-refractivity contribution < 1.29 is 4.74 Å². The number of halogens is 1. The van der Waals surface area contributed by atoms with E-state index in [0.717, 1.165) is 11.4 Å². The van der Waals surface area contributed by atoms with E-state index in [4.69, 9.17) is 16.3 Å². The summed E-state index contributed by atoms with van der Waals surface area (Å²) in [7, 11) is 1.63. The van der Waals surface area contributed by atoms with Crippen molar-refractivity contribution in [2.75, 3.05) is 7.11 Å². The molecule has 19 heavy (non-hydrogen) atoms. The van der Waals surface area contributed by atoms with Gasteiger partial charge in [-0.05, 0) is 19.1 Å². The summed E-state index contributed by atoms with van der Waals surface area (Å²) in [6, 6.07) is 7.64. The maximum Gasteiger partial charge on any atom is 0.182 e. The van der Waals surface area contributed by atoms with Crippen LogP contribution in [0.3, 0.4) is 0 Å². The monoisotopic (exact) mass is 274 g/mol. The van der Waals surface area contributed by atoms with Gasteiger partial charge in [0.2, 0.25) is 0 Å². The SMILES string of the molecule is COc1ccccc1-n1cnc2nc(C)nc(Cl)c21. The van der Waals surface area contributed by atoms with Crippen molar-refractivity contribution in [2.24, 2.45) is 0 Å². The Labute approximate surface area is 114 Å². The first kappa shape index (κ1) is 11.9. The molecule has 2 heterocycles. The van der Waals surface area contributed by atoms with Crippen LogP contribution in [0.25, 0.3) is 16.9 Å². The quantitative estimate of drug-likeness (QED) is 0.674. The van der Waals surface area contributed by atoms with Crippen LogP contribution in [0.4, 0.5) is 0 Å². The van der Waals surface area contributed by atoms with Crippen LogP contribution < -0.4 is 4.74 Å². The van der Waals surface area contributed by atoms with Gasteiger partial charge in [0, 0.05) is 0 Å². The van der Waals surface area contributed by atoms with E-state index in [9.17, 15) is 0 Å². The number of aromatic nitrogens is 4. The van der Waals surface area contributed by atoms with E-state index in [2.05, 4.69) is 15.0 Å². The zero-order valence-electron chi connectivity index (χ0n) is 10.5. The maximum absolute atomic E-state index is 6.20. The highest BCUT2D eigenvalue weighted by Gasteiger charge is 2.14. The fourth-order valence-electron chi connectivity index (χ4n) is 2.00.